The molecule has 2 N–H and O–H groups in total. The maximum atomic E-state index is 11.8. The summed E-state index contributed by atoms with van der Waals surface area (Å²) >= 11 is 0. The molecule has 1 heterocycles. The monoisotopic (exact) mass is 359 g/mol. The van der Waals surface area contributed by atoms with Crippen LogP contribution in [0.25, 0.3) is 16.9 Å². The molecule has 0 atom stereocenters. The van der Waals surface area contributed by atoms with Gasteiger partial charge >= 0.3 is 10.1 Å². The second kappa shape index (κ2) is 7.29. The van der Waals surface area contributed by atoms with E-state index in [0.29, 0.717) is 18.7 Å². The molecule has 25 heavy (non-hydrogen) atoms. The minimum atomic E-state index is -4.52. The first-order valence-electron chi connectivity index (χ1n) is 8.28. The van der Waals surface area contributed by atoms with E-state index in [1.165, 1.54) is 0 Å². The molecule has 1 aliphatic rings. The van der Waals surface area contributed by atoms with E-state index in [-0.39, 0.29) is 0 Å². The molecule has 0 unspecified atom stereocenters. The van der Waals surface area contributed by atoms with Crippen molar-refractivity contribution in [2.24, 2.45) is 0 Å². The predicted octanol–water partition coefficient (Wildman–Crippen LogP) is 3.91. The lowest BCUT2D eigenvalue weighted by Crippen LogP contribution is -2.33. The minimum Gasteiger partial charge on any atom is -0.504 e. The smallest absolute Gasteiger partial charge is 0.313 e. The molecule has 6 heteroatoms. The van der Waals surface area contributed by atoms with Crippen molar-refractivity contribution in [2.75, 3.05) is 13.1 Å². The summed E-state index contributed by atoms with van der Waals surface area (Å²) in [5.41, 5.74) is 2.35. The van der Waals surface area contributed by atoms with Crippen molar-refractivity contribution in [1.82, 2.24) is 4.90 Å². The van der Waals surface area contributed by atoms with Crippen LogP contribution in [0.1, 0.15) is 24.8 Å². The van der Waals surface area contributed by atoms with E-state index in [1.807, 2.05) is 42.5 Å². The van der Waals surface area contributed by atoms with Gasteiger partial charge in [-0.05, 0) is 30.4 Å². The molecule has 1 fully saturated rings. The first-order chi connectivity index (χ1) is 12.0. The Morgan fingerprint density at radius 1 is 0.840 bits per heavy atom. The minimum absolute atomic E-state index is 0.359. The largest absolute Gasteiger partial charge is 0.504 e. The molecule has 0 aromatic heterocycles. The summed E-state index contributed by atoms with van der Waals surface area (Å²) in [6, 6.07) is 16.7. The second-order valence-corrected chi connectivity index (χ2v) is 7.46. The van der Waals surface area contributed by atoms with Crippen LogP contribution >= 0.6 is 0 Å². The molecule has 1 aliphatic heterocycles. The summed E-state index contributed by atoms with van der Waals surface area (Å²) in [5, 5.41) is 10.1. The molecule has 1 saturated heterocycles. The highest BCUT2D eigenvalue weighted by Gasteiger charge is 2.28. The average Bonchev–Trinajstić information content (AvgIpc) is 2.62. The summed E-state index contributed by atoms with van der Waals surface area (Å²) < 4.78 is 33.3. The average molecular weight is 359 g/mol. The van der Waals surface area contributed by atoms with Gasteiger partial charge in [0.25, 0.3) is 0 Å². The van der Waals surface area contributed by atoms with E-state index in [9.17, 15) is 18.1 Å². The molecule has 2 aromatic carbocycles. The summed E-state index contributed by atoms with van der Waals surface area (Å²) in [4.78, 5) is 1.54. The van der Waals surface area contributed by atoms with Gasteiger partial charge in [0.15, 0.2) is 5.76 Å². The zero-order valence-corrected chi connectivity index (χ0v) is 14.6. The Labute approximate surface area is 148 Å². The molecular formula is C19H21NO4S. The van der Waals surface area contributed by atoms with Gasteiger partial charge in [-0.2, -0.15) is 8.42 Å². The van der Waals surface area contributed by atoms with Crippen LogP contribution in [-0.2, 0) is 10.1 Å². The van der Waals surface area contributed by atoms with Gasteiger partial charge < -0.3 is 10.0 Å². The van der Waals surface area contributed by atoms with Crippen molar-refractivity contribution in [3.63, 3.8) is 0 Å². The van der Waals surface area contributed by atoms with Gasteiger partial charge in [-0.3, -0.25) is 4.55 Å². The highest BCUT2D eigenvalue weighted by molar-refractivity contribution is 7.89. The van der Waals surface area contributed by atoms with E-state index in [2.05, 4.69) is 0 Å². The number of nitrogens with zero attached hydrogens (tertiary/aromatic N) is 1. The fourth-order valence-electron chi connectivity index (χ4n) is 3.11. The van der Waals surface area contributed by atoms with Gasteiger partial charge in [0.2, 0.25) is 5.03 Å². The van der Waals surface area contributed by atoms with E-state index >= 15 is 0 Å². The first-order valence-corrected chi connectivity index (χ1v) is 9.72. The Bertz CT molecular complexity index is 852. The fourth-order valence-corrected chi connectivity index (χ4v) is 3.98. The number of likely N-dealkylation sites (tertiary alicyclic amines) is 1. The van der Waals surface area contributed by atoms with Gasteiger partial charge in [0.05, 0.1) is 0 Å². The van der Waals surface area contributed by atoms with Crippen molar-refractivity contribution >= 4 is 15.9 Å². The summed E-state index contributed by atoms with van der Waals surface area (Å²) in [6.45, 7) is 1.00. The zero-order valence-electron chi connectivity index (χ0n) is 13.8. The number of aliphatic hydroxyl groups excluding tert-OH is 1. The van der Waals surface area contributed by atoms with Crippen LogP contribution in [0.5, 0.6) is 0 Å². The molecule has 5 nitrogen and oxygen atoms in total. The highest BCUT2D eigenvalue weighted by Crippen LogP contribution is 2.27. The van der Waals surface area contributed by atoms with Crippen LogP contribution in [0.15, 0.2) is 59.6 Å². The van der Waals surface area contributed by atoms with Crippen molar-refractivity contribution < 1.29 is 18.1 Å². The molecular weight excluding hydrogens is 338 g/mol. The van der Waals surface area contributed by atoms with E-state index in [4.69, 9.17) is 0 Å². The summed E-state index contributed by atoms with van der Waals surface area (Å²) in [6.07, 6.45) is 2.68. The van der Waals surface area contributed by atoms with Crippen molar-refractivity contribution in [3.05, 3.63) is 65.2 Å². The third-order valence-electron chi connectivity index (χ3n) is 4.36. The van der Waals surface area contributed by atoms with Crippen molar-refractivity contribution in [3.8, 4) is 11.1 Å². The lowest BCUT2D eigenvalue weighted by molar-refractivity contribution is 0.288. The van der Waals surface area contributed by atoms with E-state index in [0.717, 1.165) is 30.4 Å². The standard InChI is InChI=1S/C19H21NO4S/c21-18(19(25(22,23)24)20-13-5-2-6-14-20)17-11-9-16(10-12-17)15-7-3-1-4-8-15/h1,3-4,7-12,21H,2,5-6,13-14H2,(H,22,23,24)/b19-18-. The molecule has 2 aromatic rings. The Hall–Kier alpha value is -2.31. The van der Waals surface area contributed by atoms with E-state index < -0.39 is 20.9 Å². The normalized spacial score (nSPS) is 16.4. The molecule has 0 aliphatic carbocycles. The first kappa shape index (κ1) is 17.5. The van der Waals surface area contributed by atoms with Crippen LogP contribution < -0.4 is 0 Å². The maximum absolute atomic E-state index is 11.8. The molecule has 0 radical (unpaired) electrons. The SMILES string of the molecule is O=S(=O)(O)/C(=C(\O)c1ccc(-c2ccccc2)cc1)N1CCCCC1. The van der Waals surface area contributed by atoms with Crippen molar-refractivity contribution in [2.45, 2.75) is 19.3 Å². The maximum Gasteiger partial charge on any atom is 0.313 e. The summed E-state index contributed by atoms with van der Waals surface area (Å²) in [5.74, 6) is -0.413. The van der Waals surface area contributed by atoms with Crippen LogP contribution in [0.4, 0.5) is 0 Å². The zero-order chi connectivity index (χ0) is 17.9. The number of benzene rings is 2. The molecule has 132 valence electrons. The molecule has 0 spiro atoms. The van der Waals surface area contributed by atoms with Crippen LogP contribution in [0.2, 0.25) is 0 Å². The second-order valence-electron chi connectivity index (χ2n) is 6.12. The van der Waals surface area contributed by atoms with Crippen molar-refractivity contribution in [1.29, 1.82) is 0 Å². The predicted molar refractivity (Wildman–Crippen MR) is 98.4 cm³/mol. The van der Waals surface area contributed by atoms with Crippen LogP contribution in [-0.4, -0.2) is 36.1 Å². The van der Waals surface area contributed by atoms with Gasteiger partial charge in [0, 0.05) is 18.7 Å². The lowest BCUT2D eigenvalue weighted by Gasteiger charge is -2.29. The topological polar surface area (TPSA) is 77.8 Å². The Kier molecular flexibility index (Phi) is 5.11. The van der Waals surface area contributed by atoms with Gasteiger partial charge in [-0.15, -0.1) is 0 Å². The third-order valence-corrected chi connectivity index (χ3v) is 5.30. The molecule has 0 bridgehead atoms. The molecule has 0 amide bonds. The van der Waals surface area contributed by atoms with Gasteiger partial charge in [-0.25, -0.2) is 0 Å². The summed E-state index contributed by atoms with van der Waals surface area (Å²) in [7, 11) is -4.52. The Morgan fingerprint density at radius 3 is 1.96 bits per heavy atom. The number of rotatable bonds is 4. The Balaban J connectivity index is 1.98. The van der Waals surface area contributed by atoms with Gasteiger partial charge in [0.1, 0.15) is 0 Å². The van der Waals surface area contributed by atoms with Crippen LogP contribution in [0.3, 0.4) is 0 Å². The number of piperidine rings is 1. The quantitative estimate of drug-likeness (QED) is 0.639. The number of hydrogen-bond acceptors (Lipinski definition) is 4. The number of aliphatic hydroxyl groups is 1. The Morgan fingerprint density at radius 2 is 1.40 bits per heavy atom. The number of hydrogen-bond donors (Lipinski definition) is 2. The fraction of sp³-hybridized carbons (Fsp3) is 0.263. The highest BCUT2D eigenvalue weighted by atomic mass is 32.2. The van der Waals surface area contributed by atoms with Crippen LogP contribution in [0, 0.1) is 0 Å². The lowest BCUT2D eigenvalue weighted by atomic mass is 10.0. The van der Waals surface area contributed by atoms with E-state index in [1.54, 1.807) is 17.0 Å². The third kappa shape index (κ3) is 4.03. The molecule has 3 rings (SSSR count). The molecule has 0 saturated carbocycles. The van der Waals surface area contributed by atoms with Gasteiger partial charge in [-0.1, -0.05) is 54.6 Å².